The zero-order chi connectivity index (χ0) is 14.0. The summed E-state index contributed by atoms with van der Waals surface area (Å²) < 4.78 is 19.2. The molecular weight excluding hydrogens is 243 g/mol. The minimum absolute atomic E-state index is 0.127. The summed E-state index contributed by atoms with van der Waals surface area (Å²) in [6.45, 7) is 9.42. The normalized spacial score (nSPS) is 31.7. The van der Waals surface area contributed by atoms with E-state index in [-0.39, 0.29) is 23.6 Å². The highest BCUT2D eigenvalue weighted by Gasteiger charge is 2.38. The second-order valence-electron chi connectivity index (χ2n) is 6.16. The Bertz CT molecular complexity index is 421. The number of halogens is 1. The third kappa shape index (κ3) is 3.51. The monoisotopic (exact) mass is 266 g/mol. The standard InChI is InChI=1S/C15H23FN2O/c1-10(2)7-15(4)9-18-11(3)14(19-15)13-6-5-12(16)8-17-13/h5-6,8,10-11,14,18H,7,9H2,1-4H3. The van der Waals surface area contributed by atoms with Crippen LogP contribution in [0, 0.1) is 11.7 Å². The van der Waals surface area contributed by atoms with Crippen LogP contribution in [0.5, 0.6) is 0 Å². The van der Waals surface area contributed by atoms with Crippen molar-refractivity contribution in [3.05, 3.63) is 29.8 Å². The van der Waals surface area contributed by atoms with Crippen LogP contribution in [-0.2, 0) is 4.74 Å². The minimum Gasteiger partial charge on any atom is -0.363 e. The molecule has 106 valence electrons. The zero-order valence-electron chi connectivity index (χ0n) is 12.1. The van der Waals surface area contributed by atoms with Gasteiger partial charge in [0.1, 0.15) is 11.9 Å². The lowest BCUT2D eigenvalue weighted by molar-refractivity contribution is -0.135. The molecule has 3 nitrogen and oxygen atoms in total. The maximum atomic E-state index is 13.0. The molecule has 1 saturated heterocycles. The van der Waals surface area contributed by atoms with E-state index in [1.807, 2.05) is 0 Å². The van der Waals surface area contributed by atoms with Gasteiger partial charge in [-0.3, -0.25) is 4.98 Å². The van der Waals surface area contributed by atoms with Crippen LogP contribution in [0.4, 0.5) is 4.39 Å². The second-order valence-corrected chi connectivity index (χ2v) is 6.16. The molecule has 0 bridgehead atoms. The Morgan fingerprint density at radius 3 is 2.84 bits per heavy atom. The van der Waals surface area contributed by atoms with Crippen molar-refractivity contribution in [3.8, 4) is 0 Å². The first-order valence-electron chi connectivity index (χ1n) is 6.92. The molecule has 1 aliphatic rings. The third-order valence-electron chi connectivity index (χ3n) is 3.55. The lowest BCUT2D eigenvalue weighted by atomic mass is 9.90. The van der Waals surface area contributed by atoms with E-state index in [0.29, 0.717) is 5.92 Å². The summed E-state index contributed by atoms with van der Waals surface area (Å²) in [6, 6.07) is 3.32. The molecule has 1 aromatic heterocycles. The van der Waals surface area contributed by atoms with Gasteiger partial charge in [-0.05, 0) is 38.3 Å². The van der Waals surface area contributed by atoms with Gasteiger partial charge in [-0.25, -0.2) is 4.39 Å². The van der Waals surface area contributed by atoms with Gasteiger partial charge in [0.15, 0.2) is 0 Å². The van der Waals surface area contributed by atoms with Crippen LogP contribution < -0.4 is 5.32 Å². The molecule has 2 rings (SSSR count). The van der Waals surface area contributed by atoms with Gasteiger partial charge in [0.25, 0.3) is 0 Å². The maximum Gasteiger partial charge on any atom is 0.141 e. The van der Waals surface area contributed by atoms with Crippen molar-refractivity contribution in [2.75, 3.05) is 6.54 Å². The lowest BCUT2D eigenvalue weighted by Gasteiger charge is -2.43. The van der Waals surface area contributed by atoms with Gasteiger partial charge in [-0.2, -0.15) is 0 Å². The summed E-state index contributed by atoms with van der Waals surface area (Å²) in [5.74, 6) is 0.257. The summed E-state index contributed by atoms with van der Waals surface area (Å²) in [5.41, 5.74) is 0.595. The Morgan fingerprint density at radius 1 is 1.53 bits per heavy atom. The summed E-state index contributed by atoms with van der Waals surface area (Å²) in [5, 5.41) is 3.48. The van der Waals surface area contributed by atoms with Crippen molar-refractivity contribution in [1.29, 1.82) is 0 Å². The zero-order valence-corrected chi connectivity index (χ0v) is 12.1. The smallest absolute Gasteiger partial charge is 0.141 e. The minimum atomic E-state index is -0.315. The average molecular weight is 266 g/mol. The van der Waals surface area contributed by atoms with E-state index in [1.54, 1.807) is 6.07 Å². The fraction of sp³-hybridized carbons (Fsp3) is 0.667. The highest BCUT2D eigenvalue weighted by Crippen LogP contribution is 2.33. The SMILES string of the molecule is CC(C)CC1(C)CNC(C)C(c2ccc(F)cn2)O1. The van der Waals surface area contributed by atoms with Crippen LogP contribution >= 0.6 is 0 Å². The molecule has 0 radical (unpaired) electrons. The van der Waals surface area contributed by atoms with E-state index in [9.17, 15) is 4.39 Å². The molecule has 4 heteroatoms. The number of morpholine rings is 1. The van der Waals surface area contributed by atoms with E-state index in [4.69, 9.17) is 4.74 Å². The Labute approximate surface area is 114 Å². The fourth-order valence-corrected chi connectivity index (χ4v) is 2.79. The van der Waals surface area contributed by atoms with Crippen molar-refractivity contribution >= 4 is 0 Å². The molecule has 0 saturated carbocycles. The van der Waals surface area contributed by atoms with Gasteiger partial charge >= 0.3 is 0 Å². The molecule has 3 unspecified atom stereocenters. The Morgan fingerprint density at radius 2 is 2.26 bits per heavy atom. The molecule has 1 aliphatic heterocycles. The number of nitrogens with one attached hydrogen (secondary N) is 1. The molecule has 0 aliphatic carbocycles. The molecule has 2 heterocycles. The van der Waals surface area contributed by atoms with Crippen molar-refractivity contribution < 1.29 is 9.13 Å². The second kappa shape index (κ2) is 5.55. The number of rotatable bonds is 3. The molecule has 0 spiro atoms. The van der Waals surface area contributed by atoms with E-state index in [2.05, 4.69) is 38.0 Å². The summed E-state index contributed by atoms with van der Waals surface area (Å²) in [7, 11) is 0. The number of hydrogen-bond acceptors (Lipinski definition) is 3. The van der Waals surface area contributed by atoms with Gasteiger partial charge in [0.05, 0.1) is 17.5 Å². The van der Waals surface area contributed by atoms with Crippen LogP contribution in [0.3, 0.4) is 0 Å². The fourth-order valence-electron chi connectivity index (χ4n) is 2.79. The average Bonchev–Trinajstić information content (AvgIpc) is 2.33. The highest BCUT2D eigenvalue weighted by atomic mass is 19.1. The van der Waals surface area contributed by atoms with Gasteiger partial charge in [0.2, 0.25) is 0 Å². The quantitative estimate of drug-likeness (QED) is 0.913. The number of pyridine rings is 1. The predicted octanol–water partition coefficient (Wildman–Crippen LogP) is 3.07. The number of nitrogens with zero attached hydrogens (tertiary/aromatic N) is 1. The Balaban J connectivity index is 2.16. The molecule has 1 fully saturated rings. The molecule has 3 atom stereocenters. The number of aromatic nitrogens is 1. The van der Waals surface area contributed by atoms with Gasteiger partial charge in [0, 0.05) is 12.6 Å². The van der Waals surface area contributed by atoms with Gasteiger partial charge in [-0.1, -0.05) is 13.8 Å². The molecule has 1 aromatic rings. The molecular formula is C15H23FN2O. The van der Waals surface area contributed by atoms with E-state index in [0.717, 1.165) is 18.7 Å². The first-order valence-corrected chi connectivity index (χ1v) is 6.92. The highest BCUT2D eigenvalue weighted by molar-refractivity contribution is 5.12. The van der Waals surface area contributed by atoms with Crippen LogP contribution in [0.25, 0.3) is 0 Å². The molecule has 19 heavy (non-hydrogen) atoms. The van der Waals surface area contributed by atoms with Crippen molar-refractivity contribution in [2.24, 2.45) is 5.92 Å². The van der Waals surface area contributed by atoms with Crippen LogP contribution in [0.2, 0.25) is 0 Å². The van der Waals surface area contributed by atoms with Crippen LogP contribution in [0.1, 0.15) is 45.9 Å². The molecule has 0 amide bonds. The van der Waals surface area contributed by atoms with Gasteiger partial charge in [-0.15, -0.1) is 0 Å². The Kier molecular flexibility index (Phi) is 4.21. The van der Waals surface area contributed by atoms with Crippen LogP contribution in [0.15, 0.2) is 18.3 Å². The maximum absolute atomic E-state index is 13.0. The van der Waals surface area contributed by atoms with Gasteiger partial charge < -0.3 is 10.1 Å². The summed E-state index contributed by atoms with van der Waals surface area (Å²) in [4.78, 5) is 4.16. The first kappa shape index (κ1) is 14.4. The lowest BCUT2D eigenvalue weighted by Crippen LogP contribution is -2.53. The van der Waals surface area contributed by atoms with Crippen LogP contribution in [-0.4, -0.2) is 23.2 Å². The van der Waals surface area contributed by atoms with Crippen molar-refractivity contribution in [3.63, 3.8) is 0 Å². The summed E-state index contributed by atoms with van der Waals surface area (Å²) in [6.07, 6.45) is 2.11. The third-order valence-corrected chi connectivity index (χ3v) is 3.55. The largest absolute Gasteiger partial charge is 0.363 e. The van der Waals surface area contributed by atoms with Crippen molar-refractivity contribution in [1.82, 2.24) is 10.3 Å². The summed E-state index contributed by atoms with van der Waals surface area (Å²) >= 11 is 0. The Hall–Kier alpha value is -1.00. The molecule has 1 N–H and O–H groups in total. The van der Waals surface area contributed by atoms with E-state index < -0.39 is 0 Å². The van der Waals surface area contributed by atoms with E-state index >= 15 is 0 Å². The molecule has 0 aromatic carbocycles. The van der Waals surface area contributed by atoms with E-state index in [1.165, 1.54) is 12.3 Å². The topological polar surface area (TPSA) is 34.2 Å². The predicted molar refractivity (Wildman–Crippen MR) is 73.3 cm³/mol. The van der Waals surface area contributed by atoms with Crippen molar-refractivity contribution in [2.45, 2.75) is 51.9 Å². The first-order chi connectivity index (χ1) is 8.89. The number of ether oxygens (including phenoxy) is 1. The number of hydrogen-bond donors (Lipinski definition) is 1.